The van der Waals surface area contributed by atoms with Crippen LogP contribution in [-0.4, -0.2) is 10.5 Å². The molecule has 2 aromatic carbocycles. The predicted molar refractivity (Wildman–Crippen MR) is 100 cm³/mol. The Morgan fingerprint density at radius 1 is 1.27 bits per heavy atom. The van der Waals surface area contributed by atoms with Crippen molar-refractivity contribution in [3.8, 4) is 6.07 Å². The van der Waals surface area contributed by atoms with E-state index in [0.29, 0.717) is 17.5 Å². The Morgan fingerprint density at radius 2 is 2.04 bits per heavy atom. The third kappa shape index (κ3) is 2.56. The Kier molecular flexibility index (Phi) is 3.81. The summed E-state index contributed by atoms with van der Waals surface area (Å²) in [6, 6.07) is 15.0. The second-order valence-electron chi connectivity index (χ2n) is 6.63. The van der Waals surface area contributed by atoms with E-state index in [0.717, 1.165) is 23.1 Å². The number of carbonyl (C=O) groups is 1. The predicted octanol–water partition coefficient (Wildman–Crippen LogP) is 3.44. The minimum atomic E-state index is -0.418. The van der Waals surface area contributed by atoms with E-state index in [4.69, 9.17) is 5.26 Å². The SMILES string of the molecule is CC1Cc2cccc3c(=O)c(C(=O)Nc4ccc(CC#N)cc4)cn1c23. The first-order chi connectivity index (χ1) is 12.6. The normalized spacial score (nSPS) is 15.0. The molecule has 0 radical (unpaired) electrons. The number of hydrogen-bond acceptors (Lipinski definition) is 3. The highest BCUT2D eigenvalue weighted by atomic mass is 16.2. The van der Waals surface area contributed by atoms with Gasteiger partial charge in [-0.3, -0.25) is 9.59 Å². The van der Waals surface area contributed by atoms with Crippen molar-refractivity contribution in [1.29, 1.82) is 5.26 Å². The molecule has 5 nitrogen and oxygen atoms in total. The van der Waals surface area contributed by atoms with Gasteiger partial charge in [-0.15, -0.1) is 0 Å². The molecule has 1 unspecified atom stereocenters. The van der Waals surface area contributed by atoms with Crippen LogP contribution in [-0.2, 0) is 12.8 Å². The van der Waals surface area contributed by atoms with Crippen LogP contribution in [0.15, 0.2) is 53.5 Å². The number of nitriles is 1. The van der Waals surface area contributed by atoms with Gasteiger partial charge in [0.05, 0.1) is 18.0 Å². The molecule has 1 aromatic heterocycles. The molecular formula is C21H17N3O2. The second kappa shape index (κ2) is 6.16. The topological polar surface area (TPSA) is 74.9 Å². The van der Waals surface area contributed by atoms with Crippen molar-refractivity contribution in [3.63, 3.8) is 0 Å². The maximum atomic E-state index is 12.8. The molecule has 0 aliphatic carbocycles. The lowest BCUT2D eigenvalue weighted by Gasteiger charge is -2.13. The van der Waals surface area contributed by atoms with E-state index in [1.54, 1.807) is 36.5 Å². The molecule has 0 saturated heterocycles. The fourth-order valence-corrected chi connectivity index (χ4v) is 3.57. The molecule has 3 aromatic rings. The van der Waals surface area contributed by atoms with E-state index in [-0.39, 0.29) is 17.0 Å². The van der Waals surface area contributed by atoms with Crippen LogP contribution in [0, 0.1) is 11.3 Å². The summed E-state index contributed by atoms with van der Waals surface area (Å²) in [5, 5.41) is 12.1. The van der Waals surface area contributed by atoms with E-state index in [1.165, 1.54) is 0 Å². The number of anilines is 1. The van der Waals surface area contributed by atoms with Gasteiger partial charge in [-0.05, 0) is 42.7 Å². The first kappa shape index (κ1) is 16.1. The van der Waals surface area contributed by atoms with Gasteiger partial charge >= 0.3 is 0 Å². The van der Waals surface area contributed by atoms with Crippen LogP contribution in [0.25, 0.3) is 10.9 Å². The third-order valence-corrected chi connectivity index (χ3v) is 4.87. The minimum Gasteiger partial charge on any atom is -0.343 e. The van der Waals surface area contributed by atoms with Crippen molar-refractivity contribution in [1.82, 2.24) is 4.57 Å². The Labute approximate surface area is 150 Å². The monoisotopic (exact) mass is 343 g/mol. The van der Waals surface area contributed by atoms with Gasteiger partial charge in [-0.1, -0.05) is 24.3 Å². The van der Waals surface area contributed by atoms with Gasteiger partial charge in [0.1, 0.15) is 5.56 Å². The largest absolute Gasteiger partial charge is 0.343 e. The maximum absolute atomic E-state index is 12.8. The molecule has 2 heterocycles. The average molecular weight is 343 g/mol. The van der Waals surface area contributed by atoms with Gasteiger partial charge in [0.15, 0.2) is 0 Å². The summed E-state index contributed by atoms with van der Waals surface area (Å²) in [6.07, 6.45) is 2.86. The summed E-state index contributed by atoms with van der Waals surface area (Å²) < 4.78 is 2.02. The van der Waals surface area contributed by atoms with E-state index < -0.39 is 5.91 Å². The van der Waals surface area contributed by atoms with Crippen LogP contribution in [0.4, 0.5) is 5.69 Å². The number of aromatic nitrogens is 1. The van der Waals surface area contributed by atoms with Crippen LogP contribution in [0.5, 0.6) is 0 Å². The number of pyridine rings is 1. The van der Waals surface area contributed by atoms with Gasteiger partial charge in [0, 0.05) is 23.3 Å². The smallest absolute Gasteiger partial charge is 0.261 e. The third-order valence-electron chi connectivity index (χ3n) is 4.87. The fraction of sp³-hybridized carbons (Fsp3) is 0.190. The Bertz CT molecular complexity index is 1120. The van der Waals surface area contributed by atoms with E-state index in [2.05, 4.69) is 18.3 Å². The zero-order chi connectivity index (χ0) is 18.3. The summed E-state index contributed by atoms with van der Waals surface area (Å²) >= 11 is 0. The van der Waals surface area contributed by atoms with Crippen LogP contribution in [0.2, 0.25) is 0 Å². The van der Waals surface area contributed by atoms with E-state index >= 15 is 0 Å². The van der Waals surface area contributed by atoms with Crippen LogP contribution >= 0.6 is 0 Å². The van der Waals surface area contributed by atoms with Crippen molar-refractivity contribution in [2.75, 3.05) is 5.32 Å². The highest BCUT2D eigenvalue weighted by Gasteiger charge is 2.24. The van der Waals surface area contributed by atoms with Gasteiger partial charge in [-0.25, -0.2) is 0 Å². The lowest BCUT2D eigenvalue weighted by Crippen LogP contribution is -2.23. The maximum Gasteiger partial charge on any atom is 0.261 e. The lowest BCUT2D eigenvalue weighted by atomic mass is 10.1. The molecule has 1 atom stereocenters. The van der Waals surface area contributed by atoms with Crippen molar-refractivity contribution in [2.24, 2.45) is 0 Å². The zero-order valence-electron chi connectivity index (χ0n) is 14.3. The number of hydrogen-bond donors (Lipinski definition) is 1. The number of rotatable bonds is 3. The van der Waals surface area contributed by atoms with Crippen molar-refractivity contribution < 1.29 is 4.79 Å². The highest BCUT2D eigenvalue weighted by Crippen LogP contribution is 2.30. The first-order valence-electron chi connectivity index (χ1n) is 8.52. The van der Waals surface area contributed by atoms with E-state index in [9.17, 15) is 9.59 Å². The standard InChI is InChI=1S/C21H17N3O2/c1-13-11-15-3-2-4-17-19(15)24(13)12-18(20(17)25)21(26)23-16-7-5-14(6-8-16)9-10-22/h2-8,12-13H,9,11H2,1H3,(H,23,26). The molecule has 5 heteroatoms. The molecule has 1 aliphatic heterocycles. The van der Waals surface area contributed by atoms with Crippen molar-refractivity contribution in [3.05, 3.63) is 75.6 Å². The highest BCUT2D eigenvalue weighted by molar-refractivity contribution is 6.06. The number of benzene rings is 2. The zero-order valence-corrected chi connectivity index (χ0v) is 14.3. The average Bonchev–Trinajstić information content (AvgIpc) is 2.96. The van der Waals surface area contributed by atoms with Gasteiger partial charge in [-0.2, -0.15) is 5.26 Å². The summed E-state index contributed by atoms with van der Waals surface area (Å²) in [4.78, 5) is 25.5. The summed E-state index contributed by atoms with van der Waals surface area (Å²) in [7, 11) is 0. The quantitative estimate of drug-likeness (QED) is 0.791. The first-order valence-corrected chi connectivity index (χ1v) is 8.52. The number of para-hydroxylation sites is 1. The number of amides is 1. The molecule has 4 rings (SSSR count). The minimum absolute atomic E-state index is 0.143. The van der Waals surface area contributed by atoms with Crippen molar-refractivity contribution in [2.45, 2.75) is 25.8 Å². The van der Waals surface area contributed by atoms with Crippen molar-refractivity contribution >= 4 is 22.5 Å². The lowest BCUT2D eigenvalue weighted by molar-refractivity contribution is 0.102. The Morgan fingerprint density at radius 3 is 2.77 bits per heavy atom. The number of nitrogens with zero attached hydrogens (tertiary/aromatic N) is 2. The van der Waals surface area contributed by atoms with E-state index in [1.807, 2.05) is 16.7 Å². The second-order valence-corrected chi connectivity index (χ2v) is 6.63. The van der Waals surface area contributed by atoms with Crippen LogP contribution < -0.4 is 10.7 Å². The fourth-order valence-electron chi connectivity index (χ4n) is 3.57. The molecule has 128 valence electrons. The molecule has 0 fully saturated rings. The summed E-state index contributed by atoms with van der Waals surface area (Å²) in [5.74, 6) is -0.418. The molecule has 1 aliphatic rings. The molecule has 1 amide bonds. The van der Waals surface area contributed by atoms with Crippen LogP contribution in [0.1, 0.15) is 34.5 Å². The van der Waals surface area contributed by atoms with Gasteiger partial charge in [0.25, 0.3) is 5.91 Å². The molecule has 1 N–H and O–H groups in total. The Hall–Kier alpha value is -3.39. The summed E-state index contributed by atoms with van der Waals surface area (Å²) in [6.45, 7) is 2.08. The molecule has 26 heavy (non-hydrogen) atoms. The molecule has 0 spiro atoms. The molecule has 0 saturated carbocycles. The summed E-state index contributed by atoms with van der Waals surface area (Å²) in [5.41, 5.74) is 3.45. The molecular weight excluding hydrogens is 326 g/mol. The van der Waals surface area contributed by atoms with Gasteiger partial charge < -0.3 is 9.88 Å². The van der Waals surface area contributed by atoms with Gasteiger partial charge in [0.2, 0.25) is 5.43 Å². The number of nitrogens with one attached hydrogen (secondary N) is 1. The Balaban J connectivity index is 1.71. The van der Waals surface area contributed by atoms with Crippen LogP contribution in [0.3, 0.4) is 0 Å². The number of carbonyl (C=O) groups excluding carboxylic acids is 1. The molecule has 0 bridgehead atoms.